The second-order valence-corrected chi connectivity index (χ2v) is 3.44. The summed E-state index contributed by atoms with van der Waals surface area (Å²) in [6.07, 6.45) is 0.325. The van der Waals surface area contributed by atoms with Crippen LogP contribution < -0.4 is 5.43 Å². The number of nitrogens with zero attached hydrogens (tertiary/aromatic N) is 1. The van der Waals surface area contributed by atoms with E-state index in [2.05, 4.69) is 5.10 Å². The van der Waals surface area contributed by atoms with Gasteiger partial charge in [-0.25, -0.2) is 10.2 Å². The van der Waals surface area contributed by atoms with Crippen molar-refractivity contribution in [1.82, 2.24) is 5.43 Å². The van der Waals surface area contributed by atoms with Gasteiger partial charge in [-0.1, -0.05) is 0 Å². The first-order valence-corrected chi connectivity index (χ1v) is 4.08. The molecule has 1 aromatic rings. The maximum Gasteiger partial charge on any atom is 0.425 e. The van der Waals surface area contributed by atoms with Crippen LogP contribution in [0, 0.1) is 6.92 Å². The first kappa shape index (κ1) is 8.73. The molecule has 0 bridgehead atoms. The molecule has 4 nitrogen and oxygen atoms in total. The van der Waals surface area contributed by atoms with Gasteiger partial charge < -0.3 is 5.11 Å². The Hall–Kier alpha value is -1.36. The van der Waals surface area contributed by atoms with Crippen molar-refractivity contribution in [3.05, 3.63) is 21.9 Å². The molecule has 5 heteroatoms. The summed E-state index contributed by atoms with van der Waals surface area (Å²) in [6.45, 7) is 1.98. The SMILES string of the molecule is Cc1ccc(C=NNC(=O)O)s1. The highest BCUT2D eigenvalue weighted by Crippen LogP contribution is 2.11. The van der Waals surface area contributed by atoms with Crippen LogP contribution in [0.4, 0.5) is 4.79 Å². The van der Waals surface area contributed by atoms with Crippen LogP contribution in [-0.4, -0.2) is 17.4 Å². The van der Waals surface area contributed by atoms with Gasteiger partial charge in [-0.05, 0) is 19.1 Å². The Morgan fingerprint density at radius 2 is 2.50 bits per heavy atom. The van der Waals surface area contributed by atoms with Crippen molar-refractivity contribution in [2.24, 2.45) is 5.10 Å². The van der Waals surface area contributed by atoms with E-state index in [-0.39, 0.29) is 0 Å². The van der Waals surface area contributed by atoms with Gasteiger partial charge in [0.1, 0.15) is 0 Å². The highest BCUT2D eigenvalue weighted by atomic mass is 32.1. The van der Waals surface area contributed by atoms with Crippen molar-refractivity contribution in [3.8, 4) is 0 Å². The molecule has 1 amide bonds. The molecule has 64 valence electrons. The molecule has 1 heterocycles. The van der Waals surface area contributed by atoms with Gasteiger partial charge in [0.2, 0.25) is 0 Å². The fraction of sp³-hybridized carbons (Fsp3) is 0.143. The third-order valence-corrected chi connectivity index (χ3v) is 2.05. The first-order chi connectivity index (χ1) is 5.68. The number of carboxylic acid groups (broad SMARTS) is 1. The number of amides is 1. The molecule has 0 aliphatic carbocycles. The Bertz CT molecular complexity index is 306. The summed E-state index contributed by atoms with van der Waals surface area (Å²) in [5, 5.41) is 11.7. The van der Waals surface area contributed by atoms with E-state index < -0.39 is 6.09 Å². The van der Waals surface area contributed by atoms with E-state index in [0.717, 1.165) is 4.88 Å². The minimum atomic E-state index is -1.15. The number of hydrazone groups is 1. The van der Waals surface area contributed by atoms with Gasteiger partial charge in [-0.3, -0.25) is 0 Å². The van der Waals surface area contributed by atoms with Crippen LogP contribution >= 0.6 is 11.3 Å². The van der Waals surface area contributed by atoms with Gasteiger partial charge >= 0.3 is 6.09 Å². The van der Waals surface area contributed by atoms with Crippen molar-refractivity contribution in [3.63, 3.8) is 0 Å². The van der Waals surface area contributed by atoms with E-state index in [9.17, 15) is 4.79 Å². The van der Waals surface area contributed by atoms with Gasteiger partial charge in [-0.15, -0.1) is 11.3 Å². The Labute approximate surface area is 73.5 Å². The lowest BCUT2D eigenvalue weighted by atomic mass is 10.4. The van der Waals surface area contributed by atoms with Crippen molar-refractivity contribution >= 4 is 23.6 Å². The van der Waals surface area contributed by atoms with E-state index in [1.165, 1.54) is 11.1 Å². The molecule has 0 aliphatic rings. The molecule has 0 atom stereocenters. The van der Waals surface area contributed by atoms with Gasteiger partial charge in [0, 0.05) is 9.75 Å². The summed E-state index contributed by atoms with van der Waals surface area (Å²) < 4.78 is 0. The fourth-order valence-corrected chi connectivity index (χ4v) is 1.42. The second-order valence-electron chi connectivity index (χ2n) is 2.12. The van der Waals surface area contributed by atoms with E-state index >= 15 is 0 Å². The smallest absolute Gasteiger partial charge is 0.425 e. The molecule has 0 radical (unpaired) electrons. The van der Waals surface area contributed by atoms with Crippen LogP contribution in [-0.2, 0) is 0 Å². The van der Waals surface area contributed by atoms with Crippen LogP contribution in [0.25, 0.3) is 0 Å². The molecule has 1 rings (SSSR count). The lowest BCUT2D eigenvalue weighted by Crippen LogP contribution is -2.13. The van der Waals surface area contributed by atoms with Gasteiger partial charge in [0.15, 0.2) is 0 Å². The van der Waals surface area contributed by atoms with E-state index in [1.54, 1.807) is 11.3 Å². The maximum absolute atomic E-state index is 9.97. The van der Waals surface area contributed by atoms with Crippen molar-refractivity contribution in [2.75, 3.05) is 0 Å². The number of hydrogen-bond acceptors (Lipinski definition) is 3. The van der Waals surface area contributed by atoms with Crippen molar-refractivity contribution in [2.45, 2.75) is 6.92 Å². The molecular formula is C7H8N2O2S. The maximum atomic E-state index is 9.97. The van der Waals surface area contributed by atoms with Crippen LogP contribution in [0.5, 0.6) is 0 Å². The standard InChI is InChI=1S/C7H8N2O2S/c1-5-2-3-6(12-5)4-8-9-7(10)11/h2-4,9H,1H3,(H,10,11). The van der Waals surface area contributed by atoms with Crippen molar-refractivity contribution in [1.29, 1.82) is 0 Å². The Morgan fingerprint density at radius 1 is 1.75 bits per heavy atom. The molecule has 0 aromatic carbocycles. The van der Waals surface area contributed by atoms with Crippen LogP contribution in [0.3, 0.4) is 0 Å². The van der Waals surface area contributed by atoms with Crippen LogP contribution in [0.1, 0.15) is 9.75 Å². The summed E-state index contributed by atoms with van der Waals surface area (Å²) in [5.41, 5.74) is 1.90. The average molecular weight is 184 g/mol. The predicted molar refractivity (Wildman–Crippen MR) is 47.8 cm³/mol. The highest BCUT2D eigenvalue weighted by Gasteiger charge is 1.92. The quantitative estimate of drug-likeness (QED) is 0.542. The van der Waals surface area contributed by atoms with Crippen molar-refractivity contribution < 1.29 is 9.90 Å². The molecule has 0 aliphatic heterocycles. The van der Waals surface area contributed by atoms with E-state index in [0.29, 0.717) is 0 Å². The molecule has 12 heavy (non-hydrogen) atoms. The molecule has 2 N–H and O–H groups in total. The van der Waals surface area contributed by atoms with E-state index in [4.69, 9.17) is 5.11 Å². The fourth-order valence-electron chi connectivity index (χ4n) is 0.674. The van der Waals surface area contributed by atoms with Gasteiger partial charge in [0.05, 0.1) is 6.21 Å². The minimum absolute atomic E-state index is 0.932. The van der Waals surface area contributed by atoms with Crippen LogP contribution in [0.2, 0.25) is 0 Å². The largest absolute Gasteiger partial charge is 0.464 e. The summed E-state index contributed by atoms with van der Waals surface area (Å²) in [7, 11) is 0. The van der Waals surface area contributed by atoms with Crippen LogP contribution in [0.15, 0.2) is 17.2 Å². The first-order valence-electron chi connectivity index (χ1n) is 3.27. The average Bonchev–Trinajstić information content (AvgIpc) is 2.35. The number of aryl methyl sites for hydroxylation is 1. The number of nitrogens with one attached hydrogen (secondary N) is 1. The van der Waals surface area contributed by atoms with Gasteiger partial charge in [-0.2, -0.15) is 5.10 Å². The second kappa shape index (κ2) is 3.87. The molecule has 0 fully saturated rings. The lowest BCUT2D eigenvalue weighted by Gasteiger charge is -1.86. The zero-order chi connectivity index (χ0) is 8.97. The van der Waals surface area contributed by atoms with E-state index in [1.807, 2.05) is 24.5 Å². The minimum Gasteiger partial charge on any atom is -0.464 e. The highest BCUT2D eigenvalue weighted by molar-refractivity contribution is 7.13. The monoisotopic (exact) mass is 184 g/mol. The Kier molecular flexibility index (Phi) is 2.82. The number of rotatable bonds is 2. The molecular weight excluding hydrogens is 176 g/mol. The molecule has 0 unspecified atom stereocenters. The predicted octanol–water partition coefficient (Wildman–Crippen LogP) is 1.66. The lowest BCUT2D eigenvalue weighted by molar-refractivity contribution is 0.195. The zero-order valence-corrected chi connectivity index (χ0v) is 7.26. The third kappa shape index (κ3) is 2.71. The molecule has 0 saturated heterocycles. The molecule has 0 spiro atoms. The normalized spacial score (nSPS) is 10.4. The summed E-state index contributed by atoms with van der Waals surface area (Å²) >= 11 is 1.56. The topological polar surface area (TPSA) is 61.7 Å². The molecule has 0 saturated carbocycles. The molecule has 1 aromatic heterocycles. The number of hydrogen-bond donors (Lipinski definition) is 2. The number of carbonyl (C=O) groups is 1. The Morgan fingerprint density at radius 3 is 3.00 bits per heavy atom. The summed E-state index contributed by atoms with van der Waals surface area (Å²) in [5.74, 6) is 0. The Balaban J connectivity index is 2.52. The third-order valence-electron chi connectivity index (χ3n) is 1.11. The zero-order valence-electron chi connectivity index (χ0n) is 6.44. The summed E-state index contributed by atoms with van der Waals surface area (Å²) in [4.78, 5) is 12.1. The number of thiophene rings is 1. The summed E-state index contributed by atoms with van der Waals surface area (Å²) in [6, 6.07) is 3.83. The van der Waals surface area contributed by atoms with Gasteiger partial charge in [0.25, 0.3) is 0 Å².